The highest BCUT2D eigenvalue weighted by atomic mass is 31.2. The predicted octanol–water partition coefficient (Wildman–Crippen LogP) is 25.0. The van der Waals surface area contributed by atoms with Crippen molar-refractivity contribution in [2.75, 3.05) is 65.9 Å². The van der Waals surface area contributed by atoms with Gasteiger partial charge in [0, 0.05) is 51.6 Å². The van der Waals surface area contributed by atoms with Gasteiger partial charge in [-0.2, -0.15) is 0 Å². The molecule has 0 spiro atoms. The Morgan fingerprint density at radius 2 is 0.516 bits per heavy atom. The minimum Gasteiger partial charge on any atom is -0.462 e. The van der Waals surface area contributed by atoms with Crippen molar-refractivity contribution in [2.24, 2.45) is 0 Å². The summed E-state index contributed by atoms with van der Waals surface area (Å²) in [5.41, 5.74) is 0. The lowest BCUT2D eigenvalue weighted by atomic mass is 10.1. The Morgan fingerprint density at radius 3 is 0.786 bits per heavy atom. The maximum Gasteiger partial charge on any atom is 0.472 e. The number of phosphoric acid groups is 2. The summed E-state index contributed by atoms with van der Waals surface area (Å²) < 4.78 is 84.7. The Morgan fingerprint density at radius 1 is 0.278 bits per heavy atom. The maximum atomic E-state index is 14.0. The average molecular weight is 1830 g/mol. The van der Waals surface area contributed by atoms with Crippen molar-refractivity contribution in [2.45, 2.75) is 477 Å². The summed E-state index contributed by atoms with van der Waals surface area (Å²) in [6.07, 6.45) is 67.2. The van der Waals surface area contributed by atoms with Gasteiger partial charge in [-0.05, 0) is 154 Å². The van der Waals surface area contributed by atoms with Crippen LogP contribution >= 0.6 is 15.6 Å². The van der Waals surface area contributed by atoms with Gasteiger partial charge in [0.2, 0.25) is 11.8 Å². The van der Waals surface area contributed by atoms with Gasteiger partial charge >= 0.3 is 45.6 Å². The number of rotatable bonds is 94. The molecule has 4 amide bonds. The normalized spacial score (nSPS) is 14.2. The molecular weight excluding hydrogens is 1640 g/mol. The first kappa shape index (κ1) is 121. The fraction of sp³-hybridized carbons (Fsp3) is 0.848. The van der Waals surface area contributed by atoms with E-state index in [1.165, 1.54) is 77.0 Å². The largest absolute Gasteiger partial charge is 0.472 e. The van der Waals surface area contributed by atoms with Gasteiger partial charge in [0.05, 0.1) is 77.8 Å². The smallest absolute Gasteiger partial charge is 0.462 e. The zero-order valence-electron chi connectivity index (χ0n) is 80.6. The fourth-order valence-electron chi connectivity index (χ4n) is 14.3. The van der Waals surface area contributed by atoms with E-state index >= 15 is 0 Å². The number of carbonyl (C=O) groups excluding carboxylic acids is 7. The Hall–Kier alpha value is -4.81. The van der Waals surface area contributed by atoms with Crippen LogP contribution in [0.25, 0.3) is 0 Å². The number of hydrogen-bond donors (Lipinski definition) is 6. The molecule has 0 saturated carbocycles. The van der Waals surface area contributed by atoms with E-state index in [4.69, 9.17) is 46.5 Å². The Kier molecular flexibility index (Phi) is 86.0. The minimum atomic E-state index is -4.86. The summed E-state index contributed by atoms with van der Waals surface area (Å²) >= 11 is 0. The summed E-state index contributed by atoms with van der Waals surface area (Å²) in [4.78, 5) is 116. The number of esters is 4. The second kappa shape index (κ2) is 89.4. The van der Waals surface area contributed by atoms with Gasteiger partial charge in [-0.15, -0.1) is 0 Å². The van der Waals surface area contributed by atoms with Crippen molar-refractivity contribution in [3.05, 3.63) is 48.6 Å². The van der Waals surface area contributed by atoms with E-state index in [0.29, 0.717) is 64.2 Å². The van der Waals surface area contributed by atoms with Gasteiger partial charge in [-0.1, -0.05) is 284 Å². The van der Waals surface area contributed by atoms with E-state index in [-0.39, 0.29) is 102 Å². The molecule has 0 aromatic rings. The topological polar surface area (TPSA) is 335 Å². The minimum absolute atomic E-state index is 0.132. The van der Waals surface area contributed by atoms with Crippen molar-refractivity contribution in [1.29, 1.82) is 0 Å². The first-order valence-corrected chi connectivity index (χ1v) is 53.5. The molecule has 8 atom stereocenters. The number of allylic oxidation sites excluding steroid dienone is 8. The molecule has 0 aliphatic rings. The number of unbranched alkanes of at least 4 members (excludes halogenated alkanes) is 36. The lowest BCUT2D eigenvalue weighted by Crippen LogP contribution is -2.43. The zero-order valence-corrected chi connectivity index (χ0v) is 82.4. The lowest BCUT2D eigenvalue weighted by molar-refractivity contribution is -0.152. The number of ether oxygens (including phenoxy) is 6. The molecule has 0 bridgehead atoms. The molecule has 0 aromatic carbocycles. The molecule has 0 aliphatic heterocycles. The molecule has 0 aromatic heterocycles. The molecule has 0 rings (SSSR count). The van der Waals surface area contributed by atoms with Crippen LogP contribution in [0.1, 0.15) is 441 Å². The predicted molar refractivity (Wildman–Crippen MR) is 509 cm³/mol. The SMILES string of the molecule is CCCCCC/C=C\CCCC(=O)O[C@H](CCCCCCC)CCOCC(COP(=O)(O)OCCNC(=O)NCCOP(=O)(O)OCC(COCC[C@@H](CCCCCCC)OC(=O)CCC/C=C\CCCCCC)NC(=O)C[C@@H](CCCCCCC)OC(=O)CCC/C=C\CCCCCC)NC(=O)C[C@@H](CCCCCCC)OC(=O)CCC/C=C\CCCCCC. The second-order valence-corrected chi connectivity index (χ2v) is 37.1. The third-order valence-electron chi connectivity index (χ3n) is 21.8. The second-order valence-electron chi connectivity index (χ2n) is 34.2. The Bertz CT molecular complexity index is 2650. The van der Waals surface area contributed by atoms with Gasteiger partial charge in [-0.3, -0.25) is 46.9 Å². The summed E-state index contributed by atoms with van der Waals surface area (Å²) in [6.45, 7) is 14.6. The fourth-order valence-corrected chi connectivity index (χ4v) is 15.8. The molecule has 6 N–H and O–H groups in total. The van der Waals surface area contributed by atoms with E-state index in [1.54, 1.807) is 0 Å². The van der Waals surface area contributed by atoms with Crippen LogP contribution in [0.4, 0.5) is 4.79 Å². The number of carbonyl (C=O) groups is 7. The third kappa shape index (κ3) is 83.5. The van der Waals surface area contributed by atoms with Crippen LogP contribution in [-0.2, 0) is 84.4 Å². The highest BCUT2D eigenvalue weighted by Gasteiger charge is 2.30. The molecule has 4 unspecified atom stereocenters. The van der Waals surface area contributed by atoms with E-state index in [9.17, 15) is 52.5 Å². The molecule has 25 nitrogen and oxygen atoms in total. The van der Waals surface area contributed by atoms with Crippen LogP contribution in [0.15, 0.2) is 48.6 Å². The summed E-state index contributed by atoms with van der Waals surface area (Å²) in [7, 11) is -9.73. The van der Waals surface area contributed by atoms with Crippen LogP contribution in [0, 0.1) is 0 Å². The van der Waals surface area contributed by atoms with E-state index in [1.807, 2.05) is 0 Å². The number of amides is 4. The number of nitrogens with one attached hydrogen (secondary N) is 4. The van der Waals surface area contributed by atoms with Crippen molar-refractivity contribution in [1.82, 2.24) is 21.3 Å². The van der Waals surface area contributed by atoms with Gasteiger partial charge < -0.3 is 59.5 Å². The molecule has 736 valence electrons. The molecule has 0 saturated heterocycles. The van der Waals surface area contributed by atoms with Gasteiger partial charge in [0.1, 0.15) is 24.4 Å². The maximum absolute atomic E-state index is 14.0. The molecule has 126 heavy (non-hydrogen) atoms. The first-order valence-electron chi connectivity index (χ1n) is 50.6. The van der Waals surface area contributed by atoms with Crippen molar-refractivity contribution >= 4 is 57.4 Å². The molecule has 0 heterocycles. The summed E-state index contributed by atoms with van der Waals surface area (Å²) in [6, 6.07) is -2.78. The quantitative estimate of drug-likeness (QED) is 0.0108. The first-order chi connectivity index (χ1) is 61.2. The molecule has 27 heteroatoms. The lowest BCUT2D eigenvalue weighted by Gasteiger charge is -2.23. The van der Waals surface area contributed by atoms with E-state index in [2.05, 4.69) is 125 Å². The standard InChI is InChI=1S/C99H184N4O21P2/c1-9-17-25-33-37-41-45-53-61-69-95(106)121-89(65-57-49-29-21-13-5)73-77-115-83-87(102-93(104)81-91(67-59-51-31-23-15-7)123-97(108)71-63-55-47-43-39-35-27-19-11-3)85-119-125(111,112)117-79-75-100-99(110)101-76-80-118-126(113,114)120-86-88(84-116-78-74-90(66-58-50-30-22-14-6)122-96(107)70-62-54-46-42-38-34-26-18-10-2)103-94(105)82-92(68-60-52-32-24-16-8)124-98(109)72-64-56-48-44-40-36-28-20-12-4/h41-48,87-92H,9-40,49-86H2,1-8H3,(H,102,104)(H,103,105)(H,111,112)(H,113,114)(H2,100,101,110)/b45-41-,46-42-,47-43-,48-44-/t87?,88?,89-,90-,91-,92-/m1/s1. The van der Waals surface area contributed by atoms with Crippen molar-refractivity contribution in [3.8, 4) is 0 Å². The van der Waals surface area contributed by atoms with Crippen LogP contribution in [0.5, 0.6) is 0 Å². The van der Waals surface area contributed by atoms with Gasteiger partial charge in [-0.25, -0.2) is 13.9 Å². The average Bonchev–Trinajstić information content (AvgIpc) is 0.906. The molecular formula is C99H184N4O21P2. The van der Waals surface area contributed by atoms with Crippen molar-refractivity contribution in [3.63, 3.8) is 0 Å². The monoisotopic (exact) mass is 1830 g/mol. The summed E-state index contributed by atoms with van der Waals surface area (Å²) in [5.74, 6) is -2.30. The van der Waals surface area contributed by atoms with Gasteiger partial charge in [0.15, 0.2) is 0 Å². The highest BCUT2D eigenvalue weighted by Crippen LogP contribution is 2.44. The highest BCUT2D eigenvalue weighted by molar-refractivity contribution is 7.47. The van der Waals surface area contributed by atoms with Crippen LogP contribution in [0.3, 0.4) is 0 Å². The van der Waals surface area contributed by atoms with Crippen LogP contribution < -0.4 is 21.3 Å². The Balaban J connectivity index is 6.38. The van der Waals surface area contributed by atoms with E-state index < -0.39 is 96.4 Å². The molecule has 0 fully saturated rings. The zero-order chi connectivity index (χ0) is 92.6. The third-order valence-corrected chi connectivity index (χ3v) is 23.8. The van der Waals surface area contributed by atoms with Crippen LogP contribution in [0.2, 0.25) is 0 Å². The van der Waals surface area contributed by atoms with Crippen LogP contribution in [-0.4, -0.2) is 154 Å². The summed E-state index contributed by atoms with van der Waals surface area (Å²) in [5, 5.41) is 10.7. The van der Waals surface area contributed by atoms with Gasteiger partial charge in [0.25, 0.3) is 0 Å². The molecule has 0 aliphatic carbocycles. The Labute approximate surface area is 765 Å². The molecule has 0 radical (unpaired) electrons. The number of urea groups is 1. The number of hydrogen-bond acceptors (Lipinski definition) is 19. The van der Waals surface area contributed by atoms with E-state index in [0.717, 1.165) is 205 Å². The number of phosphoric ester groups is 2. The van der Waals surface area contributed by atoms with Crippen molar-refractivity contribution < 1.29 is 99.0 Å².